The van der Waals surface area contributed by atoms with Crippen LogP contribution in [0.1, 0.15) is 31.6 Å². The monoisotopic (exact) mass is 277 g/mol. The lowest BCUT2D eigenvalue weighted by Crippen LogP contribution is -2.37. The molecule has 1 fully saturated rings. The Morgan fingerprint density at radius 3 is 3.16 bits per heavy atom. The summed E-state index contributed by atoms with van der Waals surface area (Å²) in [6.07, 6.45) is 1.98. The first-order chi connectivity index (χ1) is 9.24. The average Bonchev–Trinajstić information content (AvgIpc) is 3.09. The summed E-state index contributed by atoms with van der Waals surface area (Å²) in [6.45, 7) is 3.12. The molecule has 1 aliphatic heterocycles. The van der Waals surface area contributed by atoms with E-state index in [0.29, 0.717) is 18.3 Å². The lowest BCUT2D eigenvalue weighted by molar-refractivity contribution is -0.130. The van der Waals surface area contributed by atoms with Crippen LogP contribution >= 0.6 is 11.3 Å². The van der Waals surface area contributed by atoms with Crippen molar-refractivity contribution in [3.63, 3.8) is 0 Å². The van der Waals surface area contributed by atoms with Gasteiger partial charge in [-0.2, -0.15) is 0 Å². The van der Waals surface area contributed by atoms with Gasteiger partial charge in [0.25, 0.3) is 5.89 Å². The van der Waals surface area contributed by atoms with Gasteiger partial charge in [0.1, 0.15) is 0 Å². The number of carbonyl (C=O) groups excluding carboxylic acids is 1. The molecule has 1 amide bonds. The number of aromatic nitrogens is 2. The van der Waals surface area contributed by atoms with Crippen LogP contribution in [0.25, 0.3) is 10.8 Å². The van der Waals surface area contributed by atoms with E-state index in [9.17, 15) is 4.79 Å². The van der Waals surface area contributed by atoms with Gasteiger partial charge in [-0.25, -0.2) is 0 Å². The van der Waals surface area contributed by atoms with Crippen LogP contribution in [0.4, 0.5) is 0 Å². The van der Waals surface area contributed by atoms with E-state index in [2.05, 4.69) is 10.2 Å². The van der Waals surface area contributed by atoms with E-state index in [-0.39, 0.29) is 11.8 Å². The molecule has 19 heavy (non-hydrogen) atoms. The molecule has 0 bridgehead atoms. The van der Waals surface area contributed by atoms with Crippen molar-refractivity contribution >= 4 is 17.2 Å². The summed E-state index contributed by atoms with van der Waals surface area (Å²) in [5.41, 5.74) is 0. The maximum Gasteiger partial charge on any atom is 0.257 e. The quantitative estimate of drug-likeness (QED) is 0.846. The maximum atomic E-state index is 11.4. The number of nitrogens with zero attached hydrogens (tertiary/aromatic N) is 3. The minimum atomic E-state index is 0.114. The standard InChI is InChI=1S/C13H15N3O2S/c1-9(17)16-6-2-4-10(8-16)12-14-15-13(18-12)11-5-3-7-19-11/h3,5,7,10H,2,4,6,8H2,1H3/t10-/m0/s1. The number of amides is 1. The van der Waals surface area contributed by atoms with Gasteiger partial charge in [-0.15, -0.1) is 21.5 Å². The number of piperidine rings is 1. The molecule has 0 unspecified atom stereocenters. The Morgan fingerprint density at radius 2 is 2.42 bits per heavy atom. The van der Waals surface area contributed by atoms with Crippen molar-refractivity contribution in [1.29, 1.82) is 0 Å². The molecule has 100 valence electrons. The topological polar surface area (TPSA) is 59.2 Å². The molecule has 1 aliphatic rings. The molecule has 2 aromatic heterocycles. The molecule has 0 radical (unpaired) electrons. The van der Waals surface area contributed by atoms with E-state index in [1.807, 2.05) is 22.4 Å². The molecular weight excluding hydrogens is 262 g/mol. The molecular formula is C13H15N3O2S. The van der Waals surface area contributed by atoms with E-state index in [1.165, 1.54) is 0 Å². The molecule has 0 aliphatic carbocycles. The third-order valence-corrected chi connectivity index (χ3v) is 4.25. The predicted molar refractivity (Wildman–Crippen MR) is 71.8 cm³/mol. The lowest BCUT2D eigenvalue weighted by Gasteiger charge is -2.30. The van der Waals surface area contributed by atoms with Crippen LogP contribution in [0.2, 0.25) is 0 Å². The Bertz CT molecular complexity index is 564. The van der Waals surface area contributed by atoms with E-state index in [1.54, 1.807) is 18.3 Å². The number of likely N-dealkylation sites (tertiary alicyclic amines) is 1. The van der Waals surface area contributed by atoms with Crippen LogP contribution in [-0.2, 0) is 4.79 Å². The molecule has 0 aromatic carbocycles. The molecule has 1 saturated heterocycles. The Balaban J connectivity index is 1.77. The van der Waals surface area contributed by atoms with Gasteiger partial charge in [-0.05, 0) is 24.3 Å². The van der Waals surface area contributed by atoms with Crippen LogP contribution in [0.15, 0.2) is 21.9 Å². The van der Waals surface area contributed by atoms with Crippen LogP contribution in [0.5, 0.6) is 0 Å². The van der Waals surface area contributed by atoms with E-state index < -0.39 is 0 Å². The van der Waals surface area contributed by atoms with Crippen molar-refractivity contribution in [2.24, 2.45) is 0 Å². The Morgan fingerprint density at radius 1 is 1.53 bits per heavy atom. The molecule has 3 rings (SSSR count). The van der Waals surface area contributed by atoms with E-state index >= 15 is 0 Å². The predicted octanol–water partition coefficient (Wildman–Crippen LogP) is 2.52. The largest absolute Gasteiger partial charge is 0.420 e. The highest BCUT2D eigenvalue weighted by atomic mass is 32.1. The van der Waals surface area contributed by atoms with Crippen LogP contribution < -0.4 is 0 Å². The smallest absolute Gasteiger partial charge is 0.257 e. The second kappa shape index (κ2) is 5.13. The fourth-order valence-corrected chi connectivity index (χ4v) is 3.01. The highest BCUT2D eigenvalue weighted by Crippen LogP contribution is 2.29. The molecule has 0 saturated carbocycles. The molecule has 3 heterocycles. The SMILES string of the molecule is CC(=O)N1CCC[C@H](c2nnc(-c3cccs3)o2)C1. The first-order valence-electron chi connectivity index (χ1n) is 6.37. The van der Waals surface area contributed by atoms with Gasteiger partial charge < -0.3 is 9.32 Å². The Hall–Kier alpha value is -1.69. The Labute approximate surface area is 115 Å². The lowest BCUT2D eigenvalue weighted by atomic mass is 9.98. The van der Waals surface area contributed by atoms with Gasteiger partial charge in [0.15, 0.2) is 0 Å². The van der Waals surface area contributed by atoms with Gasteiger partial charge in [-0.1, -0.05) is 6.07 Å². The number of rotatable bonds is 2. The van der Waals surface area contributed by atoms with E-state index in [4.69, 9.17) is 4.42 Å². The fraction of sp³-hybridized carbons (Fsp3) is 0.462. The molecule has 6 heteroatoms. The average molecular weight is 277 g/mol. The molecule has 5 nitrogen and oxygen atoms in total. The highest BCUT2D eigenvalue weighted by Gasteiger charge is 2.27. The summed E-state index contributed by atoms with van der Waals surface area (Å²) >= 11 is 1.58. The molecule has 0 N–H and O–H groups in total. The van der Waals surface area contributed by atoms with Crippen molar-refractivity contribution in [3.05, 3.63) is 23.4 Å². The second-order valence-corrected chi connectivity index (χ2v) is 5.67. The molecule has 1 atom stereocenters. The van der Waals surface area contributed by atoms with Gasteiger partial charge in [0.05, 0.1) is 10.8 Å². The van der Waals surface area contributed by atoms with Crippen molar-refractivity contribution in [2.75, 3.05) is 13.1 Å². The van der Waals surface area contributed by atoms with Gasteiger partial charge >= 0.3 is 0 Å². The van der Waals surface area contributed by atoms with Crippen LogP contribution in [0.3, 0.4) is 0 Å². The minimum absolute atomic E-state index is 0.114. The van der Waals surface area contributed by atoms with Crippen molar-refractivity contribution in [2.45, 2.75) is 25.7 Å². The summed E-state index contributed by atoms with van der Waals surface area (Å²) in [5, 5.41) is 10.2. The zero-order valence-electron chi connectivity index (χ0n) is 10.7. The fourth-order valence-electron chi connectivity index (χ4n) is 2.36. The van der Waals surface area contributed by atoms with Gasteiger partial charge in [0, 0.05) is 20.0 Å². The normalized spacial score (nSPS) is 19.6. The Kier molecular flexibility index (Phi) is 3.33. The first kappa shape index (κ1) is 12.3. The van der Waals surface area contributed by atoms with Gasteiger partial charge in [-0.3, -0.25) is 4.79 Å². The van der Waals surface area contributed by atoms with Crippen LogP contribution in [0, 0.1) is 0 Å². The highest BCUT2D eigenvalue weighted by molar-refractivity contribution is 7.13. The summed E-state index contributed by atoms with van der Waals surface area (Å²) < 4.78 is 5.75. The van der Waals surface area contributed by atoms with Crippen molar-refractivity contribution < 1.29 is 9.21 Å². The number of hydrogen-bond donors (Lipinski definition) is 0. The zero-order chi connectivity index (χ0) is 13.2. The zero-order valence-corrected chi connectivity index (χ0v) is 11.5. The second-order valence-electron chi connectivity index (χ2n) is 4.73. The van der Waals surface area contributed by atoms with Crippen molar-refractivity contribution in [1.82, 2.24) is 15.1 Å². The summed E-state index contributed by atoms with van der Waals surface area (Å²) in [4.78, 5) is 14.3. The van der Waals surface area contributed by atoms with E-state index in [0.717, 1.165) is 24.3 Å². The van der Waals surface area contributed by atoms with Crippen LogP contribution in [-0.4, -0.2) is 34.1 Å². The maximum absolute atomic E-state index is 11.4. The van der Waals surface area contributed by atoms with Crippen molar-refractivity contribution in [3.8, 4) is 10.8 Å². The number of carbonyl (C=O) groups is 1. The first-order valence-corrected chi connectivity index (χ1v) is 7.25. The molecule has 0 spiro atoms. The summed E-state index contributed by atoms with van der Waals surface area (Å²) in [5.74, 6) is 1.50. The summed E-state index contributed by atoms with van der Waals surface area (Å²) in [7, 11) is 0. The third-order valence-electron chi connectivity index (χ3n) is 3.39. The number of thiophene rings is 1. The van der Waals surface area contributed by atoms with Gasteiger partial charge in [0.2, 0.25) is 11.8 Å². The third kappa shape index (κ3) is 2.53. The molecule has 2 aromatic rings. The number of hydrogen-bond acceptors (Lipinski definition) is 5. The summed E-state index contributed by atoms with van der Waals surface area (Å²) in [6, 6.07) is 3.92. The minimum Gasteiger partial charge on any atom is -0.420 e.